The van der Waals surface area contributed by atoms with E-state index in [1.165, 1.54) is 12.3 Å². The molecule has 4 rings (SSSR count). The molecule has 0 radical (unpaired) electrons. The Kier molecular flexibility index (Phi) is 3.72. The topological polar surface area (TPSA) is 55.0 Å². The fourth-order valence-corrected chi connectivity index (χ4v) is 3.88. The first-order valence-corrected chi connectivity index (χ1v) is 8.43. The van der Waals surface area contributed by atoms with E-state index in [4.69, 9.17) is 4.74 Å². The van der Waals surface area contributed by atoms with Crippen molar-refractivity contribution in [3.63, 3.8) is 0 Å². The van der Waals surface area contributed by atoms with E-state index >= 15 is 0 Å². The van der Waals surface area contributed by atoms with Crippen molar-refractivity contribution >= 4 is 11.6 Å². The number of alkyl halides is 3. The van der Waals surface area contributed by atoms with E-state index in [0.29, 0.717) is 12.2 Å². The molecule has 2 saturated heterocycles. The maximum Gasteiger partial charge on any atom is 0.422 e. The van der Waals surface area contributed by atoms with Crippen molar-refractivity contribution in [2.24, 2.45) is 5.41 Å². The van der Waals surface area contributed by atoms with Crippen molar-refractivity contribution in [2.75, 3.05) is 24.7 Å². The number of halogens is 3. The fraction of sp³-hybridized carbons (Fsp3) is 0.647. The second-order valence-electron chi connectivity index (χ2n) is 7.22. The van der Waals surface area contributed by atoms with Gasteiger partial charge in [-0.3, -0.25) is 4.79 Å². The Morgan fingerprint density at radius 2 is 1.92 bits per heavy atom. The summed E-state index contributed by atoms with van der Waals surface area (Å²) >= 11 is 0. The lowest BCUT2D eigenvalue weighted by atomic mass is 9.69. The Balaban J connectivity index is 1.41. The van der Waals surface area contributed by atoms with Crippen LogP contribution in [0.2, 0.25) is 0 Å². The molecule has 0 unspecified atom stereocenters. The van der Waals surface area contributed by atoms with Crippen LogP contribution >= 0.6 is 0 Å². The fourth-order valence-electron chi connectivity index (χ4n) is 3.88. The number of pyridine rings is 1. The zero-order chi connectivity index (χ0) is 17.7. The average Bonchev–Trinajstić information content (AvgIpc) is 3.28. The molecular formula is C17H19F3N2O3. The van der Waals surface area contributed by atoms with Gasteiger partial charge in [-0.05, 0) is 38.2 Å². The maximum absolute atomic E-state index is 12.9. The van der Waals surface area contributed by atoms with Crippen LogP contribution in [0.4, 0.5) is 18.9 Å². The highest BCUT2D eigenvalue weighted by molar-refractivity contribution is 5.99. The first-order chi connectivity index (χ1) is 11.8. The Morgan fingerprint density at radius 3 is 2.48 bits per heavy atom. The normalized spacial score (nSPS) is 31.8. The molecule has 3 heterocycles. The van der Waals surface area contributed by atoms with Crippen molar-refractivity contribution in [1.82, 2.24) is 4.98 Å². The van der Waals surface area contributed by atoms with Crippen molar-refractivity contribution in [1.29, 1.82) is 0 Å². The summed E-state index contributed by atoms with van der Waals surface area (Å²) in [6.45, 7) is 0.0380. The van der Waals surface area contributed by atoms with Gasteiger partial charge in [0, 0.05) is 12.6 Å². The van der Waals surface area contributed by atoms with Gasteiger partial charge in [-0.1, -0.05) is 0 Å². The second-order valence-corrected chi connectivity index (χ2v) is 7.22. The average molecular weight is 356 g/mol. The lowest BCUT2D eigenvalue weighted by Crippen LogP contribution is -2.39. The highest BCUT2D eigenvalue weighted by Gasteiger charge is 2.56. The number of amides is 1. The van der Waals surface area contributed by atoms with Crippen LogP contribution < -0.4 is 9.64 Å². The molecule has 1 aromatic rings. The van der Waals surface area contributed by atoms with Crippen molar-refractivity contribution in [3.05, 3.63) is 18.3 Å². The number of hydrogen-bond acceptors (Lipinski definition) is 4. The molecule has 0 aromatic carbocycles. The maximum atomic E-state index is 12.9. The Bertz CT molecular complexity index is 661. The molecule has 1 aromatic heterocycles. The van der Waals surface area contributed by atoms with Crippen molar-refractivity contribution in [2.45, 2.75) is 43.9 Å². The third kappa shape index (κ3) is 3.19. The Morgan fingerprint density at radius 1 is 1.20 bits per heavy atom. The van der Waals surface area contributed by atoms with Gasteiger partial charge in [0.25, 0.3) is 0 Å². The SMILES string of the molecule is O=C1N(c2ccc(OCC(F)(F)F)nc2)CCC12CCC1(CC2)CO1. The molecule has 1 aliphatic carbocycles. The molecular weight excluding hydrogens is 337 g/mol. The van der Waals surface area contributed by atoms with Gasteiger partial charge in [0.1, 0.15) is 0 Å². The monoisotopic (exact) mass is 356 g/mol. The molecule has 5 nitrogen and oxygen atoms in total. The van der Waals surface area contributed by atoms with Gasteiger partial charge < -0.3 is 14.4 Å². The van der Waals surface area contributed by atoms with Crippen LogP contribution in [-0.4, -0.2) is 42.4 Å². The van der Waals surface area contributed by atoms with E-state index in [1.807, 2.05) is 0 Å². The van der Waals surface area contributed by atoms with Gasteiger partial charge in [0.05, 0.1) is 29.5 Å². The summed E-state index contributed by atoms with van der Waals surface area (Å²) in [5, 5.41) is 0. The van der Waals surface area contributed by atoms with E-state index in [-0.39, 0.29) is 22.8 Å². The summed E-state index contributed by atoms with van der Waals surface area (Å²) in [5.74, 6) is -0.0123. The summed E-state index contributed by atoms with van der Waals surface area (Å²) in [6.07, 6.45) is 1.32. The van der Waals surface area contributed by atoms with Crippen LogP contribution in [0.1, 0.15) is 32.1 Å². The molecule has 0 bridgehead atoms. The minimum atomic E-state index is -4.40. The summed E-state index contributed by atoms with van der Waals surface area (Å²) in [5.41, 5.74) is 0.324. The van der Waals surface area contributed by atoms with Gasteiger partial charge >= 0.3 is 6.18 Å². The number of carbonyl (C=O) groups excluding carboxylic acids is 1. The first kappa shape index (κ1) is 16.6. The zero-order valence-electron chi connectivity index (χ0n) is 13.6. The number of hydrogen-bond donors (Lipinski definition) is 0. The molecule has 3 aliphatic rings. The van der Waals surface area contributed by atoms with E-state index in [2.05, 4.69) is 9.72 Å². The summed E-state index contributed by atoms with van der Waals surface area (Å²) in [4.78, 5) is 18.5. The number of rotatable bonds is 3. The first-order valence-electron chi connectivity index (χ1n) is 8.43. The van der Waals surface area contributed by atoms with E-state index in [1.54, 1.807) is 11.0 Å². The molecule has 2 spiro atoms. The summed E-state index contributed by atoms with van der Waals surface area (Å²) in [6, 6.07) is 2.96. The quantitative estimate of drug-likeness (QED) is 0.781. The molecule has 1 amide bonds. The molecule has 3 fully saturated rings. The lowest BCUT2D eigenvalue weighted by Gasteiger charge is -2.34. The minimum Gasteiger partial charge on any atom is -0.468 e. The molecule has 25 heavy (non-hydrogen) atoms. The third-order valence-electron chi connectivity index (χ3n) is 5.60. The van der Waals surface area contributed by atoms with Crippen LogP contribution in [0, 0.1) is 5.41 Å². The van der Waals surface area contributed by atoms with Crippen LogP contribution in [0.5, 0.6) is 5.88 Å². The second kappa shape index (κ2) is 5.59. The van der Waals surface area contributed by atoms with Gasteiger partial charge in [0.15, 0.2) is 6.61 Å². The Hall–Kier alpha value is -1.83. The van der Waals surface area contributed by atoms with Crippen molar-refractivity contribution < 1.29 is 27.4 Å². The largest absolute Gasteiger partial charge is 0.468 e. The van der Waals surface area contributed by atoms with Crippen LogP contribution in [0.3, 0.4) is 0 Å². The molecule has 2 aliphatic heterocycles. The number of nitrogens with zero attached hydrogens (tertiary/aromatic N) is 2. The standard InChI is InChI=1S/C17H19F3N2O3/c18-17(19,20)11-24-13-2-1-12(9-21-13)22-8-7-15(14(22)23)3-5-16(6-4-15)10-25-16/h1-2,9H,3-8,10-11H2. The molecule has 0 N–H and O–H groups in total. The summed E-state index contributed by atoms with van der Waals surface area (Å²) < 4.78 is 46.6. The van der Waals surface area contributed by atoms with Crippen LogP contribution in [0.25, 0.3) is 0 Å². The molecule has 1 saturated carbocycles. The molecule has 0 atom stereocenters. The number of anilines is 1. The summed E-state index contributed by atoms with van der Waals surface area (Å²) in [7, 11) is 0. The van der Waals surface area contributed by atoms with E-state index < -0.39 is 12.8 Å². The van der Waals surface area contributed by atoms with Crippen LogP contribution in [-0.2, 0) is 9.53 Å². The van der Waals surface area contributed by atoms with Gasteiger partial charge in [-0.2, -0.15) is 13.2 Å². The van der Waals surface area contributed by atoms with E-state index in [9.17, 15) is 18.0 Å². The predicted octanol–water partition coefficient (Wildman–Crippen LogP) is 3.09. The van der Waals surface area contributed by atoms with Gasteiger partial charge in [-0.25, -0.2) is 4.98 Å². The Labute approximate surface area is 143 Å². The van der Waals surface area contributed by atoms with E-state index in [0.717, 1.165) is 38.7 Å². The minimum absolute atomic E-state index is 0.0397. The van der Waals surface area contributed by atoms with Gasteiger partial charge in [0.2, 0.25) is 11.8 Å². The molecule has 136 valence electrons. The number of carbonyl (C=O) groups is 1. The lowest BCUT2D eigenvalue weighted by molar-refractivity contribution is -0.154. The molecule has 8 heteroatoms. The predicted molar refractivity (Wildman–Crippen MR) is 82.3 cm³/mol. The highest BCUT2D eigenvalue weighted by Crippen LogP contribution is 2.53. The number of aromatic nitrogens is 1. The van der Waals surface area contributed by atoms with Gasteiger partial charge in [-0.15, -0.1) is 0 Å². The van der Waals surface area contributed by atoms with Crippen molar-refractivity contribution in [3.8, 4) is 5.88 Å². The highest BCUT2D eigenvalue weighted by atomic mass is 19.4. The number of ether oxygens (including phenoxy) is 2. The third-order valence-corrected chi connectivity index (χ3v) is 5.60. The zero-order valence-corrected chi connectivity index (χ0v) is 13.6. The number of epoxide rings is 1. The van der Waals surface area contributed by atoms with Crippen LogP contribution in [0.15, 0.2) is 18.3 Å². The smallest absolute Gasteiger partial charge is 0.422 e.